The highest BCUT2D eigenvalue weighted by Crippen LogP contribution is 2.24. The van der Waals surface area contributed by atoms with Gasteiger partial charge in [0, 0.05) is 12.1 Å². The molecule has 0 aliphatic rings. The maximum Gasteiger partial charge on any atom is 0.252 e. The Labute approximate surface area is 152 Å². The normalized spacial score (nSPS) is 9.77. The lowest BCUT2D eigenvalue weighted by molar-refractivity contribution is 0.0951. The number of nitrogens with zero attached hydrogens (tertiary/aromatic N) is 2. The van der Waals surface area contributed by atoms with E-state index in [2.05, 4.69) is 17.5 Å². The summed E-state index contributed by atoms with van der Waals surface area (Å²) in [5, 5.41) is 20.9. The first kappa shape index (κ1) is 17.0. The van der Waals surface area contributed by atoms with Crippen LogP contribution in [0.3, 0.4) is 0 Å². The average Bonchev–Trinajstić information content (AvgIpc) is 2.72. The molecule has 3 aromatic rings. The highest BCUT2D eigenvalue weighted by molar-refractivity contribution is 6.00. The second kappa shape index (κ2) is 7.79. The maximum atomic E-state index is 12.7. The first-order valence-electron chi connectivity index (χ1n) is 8.08. The minimum absolute atomic E-state index is 0.203. The molecule has 0 saturated carbocycles. The van der Waals surface area contributed by atoms with Gasteiger partial charge in [0.25, 0.3) is 5.91 Å². The lowest BCUT2D eigenvalue weighted by atomic mass is 9.98. The van der Waals surface area contributed by atoms with Gasteiger partial charge in [0.1, 0.15) is 0 Å². The highest BCUT2D eigenvalue weighted by atomic mass is 16.1. The molecule has 0 aliphatic heterocycles. The van der Waals surface area contributed by atoms with Crippen molar-refractivity contribution in [3.63, 3.8) is 0 Å². The molecule has 1 N–H and O–H groups in total. The summed E-state index contributed by atoms with van der Waals surface area (Å²) in [5.74, 6) is -0.203. The number of nitriles is 2. The third-order valence-electron chi connectivity index (χ3n) is 3.98. The summed E-state index contributed by atoms with van der Waals surface area (Å²) in [6, 6.07) is 25.8. The van der Waals surface area contributed by atoms with Gasteiger partial charge in [-0.2, -0.15) is 10.5 Å². The van der Waals surface area contributed by atoms with Crippen molar-refractivity contribution < 1.29 is 4.79 Å². The van der Waals surface area contributed by atoms with Crippen LogP contribution in [0.5, 0.6) is 0 Å². The Balaban J connectivity index is 1.84. The topological polar surface area (TPSA) is 76.7 Å². The molecular weight excluding hydrogens is 322 g/mol. The molecular formula is C22H15N3O. The van der Waals surface area contributed by atoms with Crippen molar-refractivity contribution in [1.29, 1.82) is 10.5 Å². The van der Waals surface area contributed by atoms with Crippen molar-refractivity contribution >= 4 is 5.91 Å². The minimum atomic E-state index is -0.203. The summed E-state index contributed by atoms with van der Waals surface area (Å²) in [7, 11) is 0. The lowest BCUT2D eigenvalue weighted by Crippen LogP contribution is -2.23. The molecule has 26 heavy (non-hydrogen) atoms. The van der Waals surface area contributed by atoms with E-state index in [1.54, 1.807) is 42.5 Å². The Morgan fingerprint density at radius 1 is 0.846 bits per heavy atom. The molecule has 3 aromatic carbocycles. The van der Waals surface area contributed by atoms with Crippen LogP contribution in [0.1, 0.15) is 27.0 Å². The molecule has 0 aromatic heterocycles. The largest absolute Gasteiger partial charge is 0.348 e. The van der Waals surface area contributed by atoms with Gasteiger partial charge in [-0.05, 0) is 47.0 Å². The first-order valence-corrected chi connectivity index (χ1v) is 8.08. The number of carbonyl (C=O) groups is 1. The number of benzene rings is 3. The molecule has 0 heterocycles. The number of hydrogen-bond donors (Lipinski definition) is 1. The van der Waals surface area contributed by atoms with Crippen LogP contribution in [0.4, 0.5) is 0 Å². The predicted molar refractivity (Wildman–Crippen MR) is 98.9 cm³/mol. The van der Waals surface area contributed by atoms with Crippen molar-refractivity contribution in [2.75, 3.05) is 0 Å². The Kier molecular flexibility index (Phi) is 5.08. The van der Waals surface area contributed by atoms with Gasteiger partial charge in [0.15, 0.2) is 0 Å². The van der Waals surface area contributed by atoms with E-state index < -0.39 is 0 Å². The standard InChI is InChI=1S/C22H15N3O/c23-13-16-5-3-7-18(11-16)15-25-22(26)21-10-2-1-9-20(21)19-8-4-6-17(12-19)14-24/h1-12H,15H2,(H,25,26). The van der Waals surface area contributed by atoms with Crippen LogP contribution in [0.2, 0.25) is 0 Å². The molecule has 4 heteroatoms. The molecule has 1 amide bonds. The number of carbonyl (C=O) groups excluding carboxylic acids is 1. The van der Waals surface area contributed by atoms with Gasteiger partial charge in [-0.3, -0.25) is 4.79 Å². The van der Waals surface area contributed by atoms with Crippen molar-refractivity contribution in [1.82, 2.24) is 5.32 Å². The average molecular weight is 337 g/mol. The van der Waals surface area contributed by atoms with Crippen LogP contribution in [-0.4, -0.2) is 5.91 Å². The Morgan fingerprint density at radius 3 is 2.31 bits per heavy atom. The highest BCUT2D eigenvalue weighted by Gasteiger charge is 2.12. The Hall–Kier alpha value is -3.89. The van der Waals surface area contributed by atoms with E-state index in [1.165, 1.54) is 0 Å². The summed E-state index contributed by atoms with van der Waals surface area (Å²) in [5.41, 5.74) is 4.10. The zero-order chi connectivity index (χ0) is 18.4. The summed E-state index contributed by atoms with van der Waals surface area (Å²) >= 11 is 0. The Bertz CT molecular complexity index is 1040. The van der Waals surface area contributed by atoms with E-state index in [0.29, 0.717) is 23.2 Å². The zero-order valence-corrected chi connectivity index (χ0v) is 13.9. The van der Waals surface area contributed by atoms with Gasteiger partial charge in [-0.25, -0.2) is 0 Å². The molecule has 124 valence electrons. The monoisotopic (exact) mass is 337 g/mol. The van der Waals surface area contributed by atoms with Crippen LogP contribution in [0.25, 0.3) is 11.1 Å². The van der Waals surface area contributed by atoms with Crippen molar-refractivity contribution in [2.24, 2.45) is 0 Å². The molecule has 3 rings (SSSR count). The van der Waals surface area contributed by atoms with Crippen LogP contribution < -0.4 is 5.32 Å². The summed E-state index contributed by atoms with van der Waals surface area (Å²) in [6.07, 6.45) is 0. The molecule has 0 unspecified atom stereocenters. The van der Waals surface area contributed by atoms with Gasteiger partial charge in [-0.1, -0.05) is 42.5 Å². The third-order valence-corrected chi connectivity index (χ3v) is 3.98. The maximum absolute atomic E-state index is 12.7. The van der Waals surface area contributed by atoms with E-state index in [4.69, 9.17) is 10.5 Å². The third kappa shape index (κ3) is 3.77. The number of rotatable bonds is 4. The first-order chi connectivity index (χ1) is 12.7. The molecule has 0 bridgehead atoms. The molecule has 0 aliphatic carbocycles. The molecule has 0 spiro atoms. The van der Waals surface area contributed by atoms with E-state index in [0.717, 1.165) is 16.7 Å². The molecule has 0 radical (unpaired) electrons. The fourth-order valence-electron chi connectivity index (χ4n) is 2.72. The summed E-state index contributed by atoms with van der Waals surface area (Å²) in [4.78, 5) is 12.7. The van der Waals surface area contributed by atoms with Crippen LogP contribution in [0, 0.1) is 22.7 Å². The molecule has 0 atom stereocenters. The van der Waals surface area contributed by atoms with Gasteiger partial charge in [0.05, 0.1) is 23.3 Å². The van der Waals surface area contributed by atoms with Crippen LogP contribution in [0.15, 0.2) is 72.8 Å². The zero-order valence-electron chi connectivity index (χ0n) is 13.9. The van der Waals surface area contributed by atoms with Crippen molar-refractivity contribution in [3.8, 4) is 23.3 Å². The van der Waals surface area contributed by atoms with Crippen LogP contribution in [-0.2, 0) is 6.54 Å². The van der Waals surface area contributed by atoms with Crippen LogP contribution >= 0.6 is 0 Å². The van der Waals surface area contributed by atoms with E-state index >= 15 is 0 Å². The molecule has 0 fully saturated rings. The van der Waals surface area contributed by atoms with Crippen molar-refractivity contribution in [3.05, 3.63) is 95.1 Å². The fourth-order valence-corrected chi connectivity index (χ4v) is 2.72. The summed E-state index contributed by atoms with van der Waals surface area (Å²) < 4.78 is 0. The second-order valence-corrected chi connectivity index (χ2v) is 5.73. The van der Waals surface area contributed by atoms with Crippen molar-refractivity contribution in [2.45, 2.75) is 6.54 Å². The number of nitrogens with one attached hydrogen (secondary N) is 1. The van der Waals surface area contributed by atoms with Gasteiger partial charge in [-0.15, -0.1) is 0 Å². The van der Waals surface area contributed by atoms with E-state index in [1.807, 2.05) is 30.3 Å². The van der Waals surface area contributed by atoms with Gasteiger partial charge < -0.3 is 5.32 Å². The lowest BCUT2D eigenvalue weighted by Gasteiger charge is -2.11. The fraction of sp³-hybridized carbons (Fsp3) is 0.0455. The quantitative estimate of drug-likeness (QED) is 0.781. The molecule has 4 nitrogen and oxygen atoms in total. The smallest absolute Gasteiger partial charge is 0.252 e. The van der Waals surface area contributed by atoms with Gasteiger partial charge in [0.2, 0.25) is 0 Å². The number of amides is 1. The van der Waals surface area contributed by atoms with E-state index in [-0.39, 0.29) is 5.91 Å². The Morgan fingerprint density at radius 2 is 1.54 bits per heavy atom. The van der Waals surface area contributed by atoms with E-state index in [9.17, 15) is 4.79 Å². The SMILES string of the molecule is N#Cc1cccc(CNC(=O)c2ccccc2-c2cccc(C#N)c2)c1. The van der Waals surface area contributed by atoms with Gasteiger partial charge >= 0.3 is 0 Å². The minimum Gasteiger partial charge on any atom is -0.348 e. The second-order valence-electron chi connectivity index (χ2n) is 5.73. The molecule has 0 saturated heterocycles. The predicted octanol–water partition coefficient (Wildman–Crippen LogP) is 4.03. The number of hydrogen-bond acceptors (Lipinski definition) is 3. The summed E-state index contributed by atoms with van der Waals surface area (Å²) in [6.45, 7) is 0.334.